The Hall–Kier alpha value is -2.58. The first-order valence-electron chi connectivity index (χ1n) is 35.1. The number of phosphoric acid groups is 1. The number of nitrogens with one attached hydrogen (secondary N) is 1. The van der Waals surface area contributed by atoms with E-state index < -0.39 is 26.6 Å². The van der Waals surface area contributed by atoms with Gasteiger partial charge in [0, 0.05) is 6.42 Å². The highest BCUT2D eigenvalue weighted by Gasteiger charge is 2.23. The summed E-state index contributed by atoms with van der Waals surface area (Å²) in [6, 6.07) is -0.912. The Bertz CT molecular complexity index is 1670. The van der Waals surface area contributed by atoms with E-state index in [-0.39, 0.29) is 12.5 Å². The summed E-state index contributed by atoms with van der Waals surface area (Å²) in [6.07, 6.45) is 92.5. The maximum absolute atomic E-state index is 13.0. The zero-order valence-corrected chi connectivity index (χ0v) is 56.0. The van der Waals surface area contributed by atoms with Gasteiger partial charge in [-0.05, 0) is 83.5 Å². The van der Waals surface area contributed by atoms with Gasteiger partial charge in [-0.3, -0.25) is 9.36 Å². The van der Waals surface area contributed by atoms with E-state index in [0.717, 1.165) is 77.0 Å². The number of carbonyl (C=O) groups excluding carboxylic acids is 1. The molecular formula is C74H135N2O6P. The number of hydrogen-bond acceptors (Lipinski definition) is 6. The first kappa shape index (κ1) is 80.4. The van der Waals surface area contributed by atoms with Gasteiger partial charge in [0.15, 0.2) is 0 Å². The number of likely N-dealkylation sites (N-methyl/N-ethyl adjacent to an activating group) is 1. The number of amides is 1. The fraction of sp³-hybridized carbons (Fsp3) is 0.770. The number of quaternary nitrogens is 1. The molecule has 0 fully saturated rings. The molecule has 0 aromatic heterocycles. The van der Waals surface area contributed by atoms with E-state index in [4.69, 9.17) is 9.05 Å². The number of rotatable bonds is 64. The zero-order chi connectivity index (χ0) is 60.5. The molecule has 3 unspecified atom stereocenters. The highest BCUT2D eigenvalue weighted by Crippen LogP contribution is 2.38. The van der Waals surface area contributed by atoms with Gasteiger partial charge in [0.25, 0.3) is 7.82 Å². The van der Waals surface area contributed by atoms with Crippen LogP contribution in [0.1, 0.15) is 316 Å². The van der Waals surface area contributed by atoms with Crippen LogP contribution in [0, 0.1) is 0 Å². The fourth-order valence-electron chi connectivity index (χ4n) is 10.1. The van der Waals surface area contributed by atoms with Crippen molar-refractivity contribution in [2.75, 3.05) is 40.9 Å². The molecule has 0 heterocycles. The second kappa shape index (κ2) is 63.9. The lowest BCUT2D eigenvalue weighted by Gasteiger charge is -2.29. The van der Waals surface area contributed by atoms with Crippen molar-refractivity contribution in [3.05, 3.63) is 97.2 Å². The molecule has 3 atom stereocenters. The normalized spacial score (nSPS) is 14.3. The number of allylic oxidation sites excluding steroid dienone is 15. The minimum atomic E-state index is -4.62. The van der Waals surface area contributed by atoms with E-state index >= 15 is 0 Å². The number of unbranched alkanes of at least 4 members (excludes halogenated alkanes) is 37. The van der Waals surface area contributed by atoms with Crippen LogP contribution >= 0.6 is 7.82 Å². The third-order valence-electron chi connectivity index (χ3n) is 15.5. The minimum Gasteiger partial charge on any atom is -0.756 e. The highest BCUT2D eigenvalue weighted by atomic mass is 31.2. The number of phosphoric ester groups is 1. The predicted molar refractivity (Wildman–Crippen MR) is 362 cm³/mol. The summed E-state index contributed by atoms with van der Waals surface area (Å²) in [7, 11) is 1.24. The van der Waals surface area contributed by atoms with Gasteiger partial charge in [-0.15, -0.1) is 0 Å². The second-order valence-electron chi connectivity index (χ2n) is 24.8. The lowest BCUT2D eigenvalue weighted by molar-refractivity contribution is -0.870. The van der Waals surface area contributed by atoms with Crippen molar-refractivity contribution in [3.63, 3.8) is 0 Å². The molecule has 0 rings (SSSR count). The van der Waals surface area contributed by atoms with Crippen LogP contribution in [-0.2, 0) is 18.4 Å². The van der Waals surface area contributed by atoms with Gasteiger partial charge in [-0.25, -0.2) is 0 Å². The van der Waals surface area contributed by atoms with Crippen molar-refractivity contribution in [2.45, 2.75) is 328 Å². The molecule has 0 aliphatic carbocycles. The molecular weight excluding hydrogens is 1040 g/mol. The Balaban J connectivity index is 4.13. The quantitative estimate of drug-likeness (QED) is 0.0272. The maximum Gasteiger partial charge on any atom is 0.268 e. The molecule has 2 N–H and O–H groups in total. The number of aliphatic hydroxyl groups excluding tert-OH is 1. The standard InChI is InChI=1S/C74H135N2O6P/c1-6-8-10-12-14-16-18-20-22-24-26-28-30-32-34-36-38-40-42-44-46-48-50-52-54-56-58-60-62-64-66-68-74(78)75-72(71-82-83(79,80)81-70-69-76(3,4)5)73(77)67-65-63-61-59-57-55-53-51-49-47-45-43-41-39-37-35-33-31-29-27-25-23-21-19-17-15-13-11-9-7-2/h8,10,14,16,20,22,26,28,32,34,38,40,57,59,65,67,72-73,77H,6-7,9,11-13,15,17-19,21,23-25,27,29-31,33,35-37,39,41-56,58,60-64,66,68-71H2,1-5H3,(H-,75,78,79,80)/b10-8-,16-14-,22-20-,28-26-,34-32-,40-38-,59-57+,67-65+. The molecule has 0 aliphatic rings. The van der Waals surface area contributed by atoms with E-state index in [2.05, 4.69) is 104 Å². The Morgan fingerprint density at radius 1 is 0.434 bits per heavy atom. The Morgan fingerprint density at radius 2 is 0.747 bits per heavy atom. The van der Waals surface area contributed by atoms with Crippen LogP contribution in [0.4, 0.5) is 0 Å². The van der Waals surface area contributed by atoms with Gasteiger partial charge < -0.3 is 28.8 Å². The molecule has 0 saturated carbocycles. The molecule has 1 amide bonds. The summed E-state index contributed by atoms with van der Waals surface area (Å²) in [6.45, 7) is 4.54. The van der Waals surface area contributed by atoms with Gasteiger partial charge in [-0.1, -0.05) is 323 Å². The minimum absolute atomic E-state index is 0.0101. The van der Waals surface area contributed by atoms with Crippen LogP contribution in [0.3, 0.4) is 0 Å². The summed E-state index contributed by atoms with van der Waals surface area (Å²) in [4.78, 5) is 25.6. The predicted octanol–water partition coefficient (Wildman–Crippen LogP) is 21.9. The molecule has 0 aliphatic heterocycles. The van der Waals surface area contributed by atoms with Crippen LogP contribution in [0.5, 0.6) is 0 Å². The number of hydrogen-bond donors (Lipinski definition) is 2. The summed E-state index contributed by atoms with van der Waals surface area (Å²) in [5.74, 6) is -0.209. The first-order valence-corrected chi connectivity index (χ1v) is 36.6. The van der Waals surface area contributed by atoms with Gasteiger partial charge in [-0.2, -0.15) is 0 Å². The summed E-state index contributed by atoms with van der Waals surface area (Å²) in [5, 5.41) is 13.9. The molecule has 0 saturated heterocycles. The molecule has 0 aromatic carbocycles. The van der Waals surface area contributed by atoms with Crippen molar-refractivity contribution < 1.29 is 32.9 Å². The van der Waals surface area contributed by atoms with Crippen molar-refractivity contribution in [2.24, 2.45) is 0 Å². The van der Waals surface area contributed by atoms with E-state index in [1.54, 1.807) is 6.08 Å². The lowest BCUT2D eigenvalue weighted by atomic mass is 10.0. The van der Waals surface area contributed by atoms with Crippen LogP contribution in [0.2, 0.25) is 0 Å². The molecule has 83 heavy (non-hydrogen) atoms. The Morgan fingerprint density at radius 3 is 1.12 bits per heavy atom. The van der Waals surface area contributed by atoms with Gasteiger partial charge in [0.1, 0.15) is 13.2 Å². The van der Waals surface area contributed by atoms with E-state index in [0.29, 0.717) is 17.4 Å². The van der Waals surface area contributed by atoms with Crippen molar-refractivity contribution in [1.29, 1.82) is 0 Å². The van der Waals surface area contributed by atoms with E-state index in [1.165, 1.54) is 218 Å². The fourth-order valence-corrected chi connectivity index (χ4v) is 10.8. The van der Waals surface area contributed by atoms with Crippen molar-refractivity contribution >= 4 is 13.7 Å². The average molecular weight is 1180 g/mol. The molecule has 0 bridgehead atoms. The van der Waals surface area contributed by atoms with Crippen LogP contribution in [0.25, 0.3) is 0 Å². The van der Waals surface area contributed by atoms with Crippen LogP contribution in [-0.4, -0.2) is 68.5 Å². The number of carbonyl (C=O) groups is 1. The van der Waals surface area contributed by atoms with Gasteiger partial charge in [0.05, 0.1) is 39.9 Å². The molecule has 0 spiro atoms. The topological polar surface area (TPSA) is 108 Å². The number of aliphatic hydroxyl groups is 1. The molecule has 8 nitrogen and oxygen atoms in total. The second-order valence-corrected chi connectivity index (χ2v) is 26.3. The lowest BCUT2D eigenvalue weighted by Crippen LogP contribution is -2.45. The zero-order valence-electron chi connectivity index (χ0n) is 55.1. The highest BCUT2D eigenvalue weighted by molar-refractivity contribution is 7.45. The third kappa shape index (κ3) is 66.8. The Kier molecular flexibility index (Phi) is 61.9. The van der Waals surface area contributed by atoms with E-state index in [9.17, 15) is 19.4 Å². The monoisotopic (exact) mass is 1180 g/mol. The molecule has 0 aromatic rings. The van der Waals surface area contributed by atoms with Gasteiger partial charge >= 0.3 is 0 Å². The van der Waals surface area contributed by atoms with Crippen molar-refractivity contribution in [1.82, 2.24) is 5.32 Å². The maximum atomic E-state index is 13.0. The summed E-state index contributed by atoms with van der Waals surface area (Å²) in [5.41, 5.74) is 0. The molecule has 0 radical (unpaired) electrons. The smallest absolute Gasteiger partial charge is 0.268 e. The van der Waals surface area contributed by atoms with Gasteiger partial charge in [0.2, 0.25) is 5.91 Å². The molecule has 482 valence electrons. The summed E-state index contributed by atoms with van der Waals surface area (Å²) >= 11 is 0. The Labute approximate surface area is 515 Å². The molecule has 9 heteroatoms. The number of nitrogens with zero attached hydrogens (tertiary/aromatic N) is 1. The van der Waals surface area contributed by atoms with Crippen LogP contribution in [0.15, 0.2) is 97.2 Å². The third-order valence-corrected chi connectivity index (χ3v) is 16.5. The van der Waals surface area contributed by atoms with Crippen LogP contribution < -0.4 is 10.2 Å². The SMILES string of the molecule is CC/C=C\C/C=C\C/C=C\C/C=C\C/C=C\C/C=C\CCCCCCCCCCCCCCC(=O)NC(COP(=O)([O-])OCC[N+](C)(C)C)C(O)/C=C/CC/C=C/CCCCCCCCCCCCCCCCCCCCCCCCCC. The van der Waals surface area contributed by atoms with E-state index in [1.807, 2.05) is 27.2 Å². The largest absolute Gasteiger partial charge is 0.756 e. The first-order chi connectivity index (χ1) is 40.5. The van der Waals surface area contributed by atoms with Crippen molar-refractivity contribution in [3.8, 4) is 0 Å². The summed E-state index contributed by atoms with van der Waals surface area (Å²) < 4.78 is 23.4. The average Bonchev–Trinajstić information content (AvgIpc) is 3.49.